The predicted molar refractivity (Wildman–Crippen MR) is 69.7 cm³/mol. The van der Waals surface area contributed by atoms with E-state index in [2.05, 4.69) is 0 Å². The Morgan fingerprint density at radius 1 is 1.37 bits per heavy atom. The molecular weight excluding hydrogens is 266 g/mol. The molecule has 0 aliphatic heterocycles. The van der Waals surface area contributed by atoms with E-state index in [4.69, 9.17) is 10.4 Å². The lowest BCUT2D eigenvalue weighted by Crippen LogP contribution is -2.09. The second-order valence-electron chi connectivity index (χ2n) is 4.22. The summed E-state index contributed by atoms with van der Waals surface area (Å²) < 4.78 is 24.0. The molecule has 1 aromatic carbocycles. The van der Waals surface area contributed by atoms with E-state index in [1.165, 1.54) is 18.2 Å². The van der Waals surface area contributed by atoms with Gasteiger partial charge in [0.2, 0.25) is 0 Å². The van der Waals surface area contributed by atoms with Crippen molar-refractivity contribution in [3.8, 4) is 6.07 Å². The second kappa shape index (κ2) is 6.34. The molecule has 0 saturated heterocycles. The molecule has 0 aliphatic rings. The summed E-state index contributed by atoms with van der Waals surface area (Å²) in [5, 5.41) is 17.3. The van der Waals surface area contributed by atoms with Gasteiger partial charge in [0.15, 0.2) is 9.84 Å². The number of hydrogen-bond donors (Lipinski definition) is 1. The first-order valence-corrected chi connectivity index (χ1v) is 7.47. The van der Waals surface area contributed by atoms with Gasteiger partial charge in [-0.15, -0.1) is 0 Å². The molecule has 19 heavy (non-hydrogen) atoms. The van der Waals surface area contributed by atoms with Crippen molar-refractivity contribution in [2.24, 2.45) is 0 Å². The summed E-state index contributed by atoms with van der Waals surface area (Å²) in [6, 6.07) is 6.05. The molecule has 0 saturated carbocycles. The number of nitriles is 1. The molecule has 1 aromatic rings. The molecular formula is C13H15NO4S. The Kier molecular flexibility index (Phi) is 5.07. The number of hydrogen-bond acceptors (Lipinski definition) is 4. The minimum atomic E-state index is -3.49. The topological polar surface area (TPSA) is 95.2 Å². The number of sulfone groups is 1. The zero-order chi connectivity index (χ0) is 14.5. The van der Waals surface area contributed by atoms with Crippen LogP contribution >= 0.6 is 0 Å². The van der Waals surface area contributed by atoms with Crippen LogP contribution < -0.4 is 0 Å². The van der Waals surface area contributed by atoms with Crippen molar-refractivity contribution < 1.29 is 18.3 Å². The zero-order valence-corrected chi connectivity index (χ0v) is 11.4. The van der Waals surface area contributed by atoms with Crippen LogP contribution in [0.15, 0.2) is 23.1 Å². The number of carboxylic acids is 1. The third kappa shape index (κ3) is 4.07. The number of benzene rings is 1. The minimum Gasteiger partial charge on any atom is -0.478 e. The van der Waals surface area contributed by atoms with Crippen LogP contribution in [0.5, 0.6) is 0 Å². The second-order valence-corrected chi connectivity index (χ2v) is 6.33. The van der Waals surface area contributed by atoms with Crippen LogP contribution in [0, 0.1) is 18.3 Å². The minimum absolute atomic E-state index is 0.00176. The molecule has 0 radical (unpaired) electrons. The molecule has 0 fully saturated rings. The molecule has 6 heteroatoms. The number of aryl methyl sites for hydroxylation is 1. The highest BCUT2D eigenvalue weighted by Gasteiger charge is 2.17. The number of carboxylic acid groups (broad SMARTS) is 1. The van der Waals surface area contributed by atoms with Crippen molar-refractivity contribution in [2.75, 3.05) is 5.75 Å². The third-order valence-electron chi connectivity index (χ3n) is 2.75. The van der Waals surface area contributed by atoms with Crippen LogP contribution in [0.1, 0.15) is 35.2 Å². The number of nitrogens with zero attached hydrogens (tertiary/aromatic N) is 1. The van der Waals surface area contributed by atoms with Crippen molar-refractivity contribution >= 4 is 15.8 Å². The van der Waals surface area contributed by atoms with Crippen molar-refractivity contribution in [3.05, 3.63) is 29.3 Å². The predicted octanol–water partition coefficient (Wildman–Crippen LogP) is 2.16. The van der Waals surface area contributed by atoms with Gasteiger partial charge >= 0.3 is 5.97 Å². The average molecular weight is 281 g/mol. The highest BCUT2D eigenvalue weighted by molar-refractivity contribution is 7.91. The van der Waals surface area contributed by atoms with E-state index in [1.54, 1.807) is 6.92 Å². The van der Waals surface area contributed by atoms with Gasteiger partial charge in [-0.1, -0.05) is 6.07 Å². The Morgan fingerprint density at radius 3 is 2.63 bits per heavy atom. The smallest absolute Gasteiger partial charge is 0.335 e. The summed E-state index contributed by atoms with van der Waals surface area (Å²) in [6.07, 6.45) is 1.24. The fourth-order valence-electron chi connectivity index (χ4n) is 1.64. The molecule has 0 amide bonds. The van der Waals surface area contributed by atoms with Gasteiger partial charge < -0.3 is 5.11 Å². The van der Waals surface area contributed by atoms with Crippen molar-refractivity contribution in [2.45, 2.75) is 31.1 Å². The van der Waals surface area contributed by atoms with E-state index < -0.39 is 15.8 Å². The molecule has 0 bridgehead atoms. The van der Waals surface area contributed by atoms with Crippen LogP contribution in [-0.2, 0) is 9.84 Å². The van der Waals surface area contributed by atoms with Crippen LogP contribution in [-0.4, -0.2) is 25.2 Å². The molecule has 0 heterocycles. The molecule has 1 rings (SSSR count). The molecule has 0 spiro atoms. The Labute approximate surface area is 112 Å². The Hall–Kier alpha value is -1.87. The van der Waals surface area contributed by atoms with Gasteiger partial charge in [0.1, 0.15) is 0 Å². The molecule has 0 atom stereocenters. The molecule has 0 unspecified atom stereocenters. The fourth-order valence-corrected chi connectivity index (χ4v) is 3.03. The van der Waals surface area contributed by atoms with Crippen LogP contribution in [0.25, 0.3) is 0 Å². The lowest BCUT2D eigenvalue weighted by atomic mass is 10.1. The van der Waals surface area contributed by atoms with E-state index in [9.17, 15) is 13.2 Å². The standard InChI is InChI=1S/C13H15NO4S/c1-10-5-6-11(9-12(10)13(15)16)19(17,18)8-4-2-3-7-14/h5-6,9H,2-4,8H2,1H3,(H,15,16). The van der Waals surface area contributed by atoms with Gasteiger partial charge in [0.05, 0.1) is 22.3 Å². The first-order valence-electron chi connectivity index (χ1n) is 5.82. The monoisotopic (exact) mass is 281 g/mol. The Balaban J connectivity index is 2.93. The van der Waals surface area contributed by atoms with Crippen molar-refractivity contribution in [1.82, 2.24) is 0 Å². The van der Waals surface area contributed by atoms with E-state index in [1.807, 2.05) is 6.07 Å². The van der Waals surface area contributed by atoms with Crippen LogP contribution in [0.3, 0.4) is 0 Å². The van der Waals surface area contributed by atoms with Gasteiger partial charge in [-0.25, -0.2) is 13.2 Å². The summed E-state index contributed by atoms with van der Waals surface area (Å²) in [4.78, 5) is 11.0. The van der Waals surface area contributed by atoms with Gasteiger partial charge in [-0.2, -0.15) is 5.26 Å². The van der Waals surface area contributed by atoms with E-state index in [0.29, 0.717) is 24.8 Å². The normalized spacial score (nSPS) is 10.9. The SMILES string of the molecule is Cc1ccc(S(=O)(=O)CCCCC#N)cc1C(=O)O. The highest BCUT2D eigenvalue weighted by Crippen LogP contribution is 2.18. The van der Waals surface area contributed by atoms with Gasteiger partial charge in [0, 0.05) is 6.42 Å². The first-order chi connectivity index (χ1) is 8.88. The number of unbranched alkanes of at least 4 members (excludes halogenated alkanes) is 2. The molecule has 0 aromatic heterocycles. The van der Waals surface area contributed by atoms with Gasteiger partial charge in [-0.05, 0) is 37.5 Å². The lowest BCUT2D eigenvalue weighted by Gasteiger charge is -2.06. The number of aromatic carboxylic acids is 1. The maximum Gasteiger partial charge on any atom is 0.335 e. The molecule has 5 nitrogen and oxygen atoms in total. The fraction of sp³-hybridized carbons (Fsp3) is 0.385. The first kappa shape index (κ1) is 15.2. The Bertz CT molecular complexity index is 614. The number of carbonyl (C=O) groups is 1. The molecule has 1 N–H and O–H groups in total. The zero-order valence-electron chi connectivity index (χ0n) is 10.6. The van der Waals surface area contributed by atoms with Crippen LogP contribution in [0.2, 0.25) is 0 Å². The highest BCUT2D eigenvalue weighted by atomic mass is 32.2. The van der Waals surface area contributed by atoms with Crippen molar-refractivity contribution in [1.29, 1.82) is 5.26 Å². The summed E-state index contributed by atoms with van der Waals surface area (Å²) in [5.41, 5.74) is 0.522. The van der Waals surface area contributed by atoms with E-state index in [0.717, 1.165) is 0 Å². The van der Waals surface area contributed by atoms with Crippen LogP contribution in [0.4, 0.5) is 0 Å². The largest absolute Gasteiger partial charge is 0.478 e. The summed E-state index contributed by atoms with van der Waals surface area (Å²) in [6.45, 7) is 1.62. The van der Waals surface area contributed by atoms with E-state index in [-0.39, 0.29) is 16.2 Å². The summed E-state index contributed by atoms with van der Waals surface area (Å²) in [5.74, 6) is -1.21. The molecule has 102 valence electrons. The third-order valence-corrected chi connectivity index (χ3v) is 4.55. The van der Waals surface area contributed by atoms with Crippen molar-refractivity contribution in [3.63, 3.8) is 0 Å². The molecule has 0 aliphatic carbocycles. The maximum absolute atomic E-state index is 12.0. The summed E-state index contributed by atoms with van der Waals surface area (Å²) in [7, 11) is -3.49. The van der Waals surface area contributed by atoms with Gasteiger partial charge in [-0.3, -0.25) is 0 Å². The summed E-state index contributed by atoms with van der Waals surface area (Å²) >= 11 is 0. The lowest BCUT2D eigenvalue weighted by molar-refractivity contribution is 0.0696. The van der Waals surface area contributed by atoms with Gasteiger partial charge in [0.25, 0.3) is 0 Å². The quantitative estimate of drug-likeness (QED) is 0.806. The average Bonchev–Trinajstić information content (AvgIpc) is 2.34. The van der Waals surface area contributed by atoms with E-state index >= 15 is 0 Å². The Morgan fingerprint density at radius 2 is 2.05 bits per heavy atom. The maximum atomic E-state index is 12.0. The number of rotatable bonds is 6.